The molecule has 0 bridgehead atoms. The van der Waals surface area contributed by atoms with Gasteiger partial charge in [0.15, 0.2) is 5.69 Å². The van der Waals surface area contributed by atoms with Gasteiger partial charge in [-0.25, -0.2) is 14.5 Å². The first-order valence-corrected chi connectivity index (χ1v) is 9.29. The summed E-state index contributed by atoms with van der Waals surface area (Å²) in [7, 11) is 0. The first-order chi connectivity index (χ1) is 13.7. The summed E-state index contributed by atoms with van der Waals surface area (Å²) in [5.74, 6) is 0.425. The third kappa shape index (κ3) is 3.46. The highest BCUT2D eigenvalue weighted by Crippen LogP contribution is 2.27. The number of carbonyl (C=O) groups is 1. The number of rotatable bonds is 5. The molecule has 28 heavy (non-hydrogen) atoms. The zero-order chi connectivity index (χ0) is 19.5. The molecule has 1 amide bonds. The minimum absolute atomic E-state index is 0.0454. The van der Waals surface area contributed by atoms with E-state index in [9.17, 15) is 9.59 Å². The van der Waals surface area contributed by atoms with Crippen LogP contribution in [0.25, 0.3) is 5.69 Å². The molecule has 1 fully saturated rings. The molecule has 3 heterocycles. The summed E-state index contributed by atoms with van der Waals surface area (Å²) in [5, 5.41) is 14.7. The van der Waals surface area contributed by atoms with Crippen LogP contribution in [0.2, 0.25) is 0 Å². The predicted octanol–water partition coefficient (Wildman–Crippen LogP) is 0.131. The van der Waals surface area contributed by atoms with Gasteiger partial charge >= 0.3 is 5.69 Å². The lowest BCUT2D eigenvalue weighted by Crippen LogP contribution is -2.40. The van der Waals surface area contributed by atoms with E-state index in [1.165, 1.54) is 0 Å². The number of hydrogen-bond acceptors (Lipinski definition) is 6. The predicted molar refractivity (Wildman–Crippen MR) is 101 cm³/mol. The number of H-pyrrole nitrogens is 1. The smallest absolute Gasteiger partial charge is 0.336 e. The number of nitrogens with two attached hydrogens (primary N) is 1. The molecule has 1 aromatic carbocycles. The third-order valence-electron chi connectivity index (χ3n) is 4.90. The maximum atomic E-state index is 12.8. The van der Waals surface area contributed by atoms with Crippen LogP contribution in [0.5, 0.6) is 0 Å². The summed E-state index contributed by atoms with van der Waals surface area (Å²) in [6.07, 6.45) is 3.29. The van der Waals surface area contributed by atoms with Crippen molar-refractivity contribution in [1.29, 1.82) is 0 Å². The van der Waals surface area contributed by atoms with Crippen LogP contribution in [-0.2, 0) is 6.54 Å². The molecule has 1 unspecified atom stereocenters. The Morgan fingerprint density at radius 1 is 1.29 bits per heavy atom. The van der Waals surface area contributed by atoms with Crippen molar-refractivity contribution in [2.45, 2.75) is 25.3 Å². The number of aromatic amines is 1. The minimum Gasteiger partial charge on any atom is -0.336 e. The van der Waals surface area contributed by atoms with E-state index in [0.717, 1.165) is 18.5 Å². The number of amides is 1. The van der Waals surface area contributed by atoms with Crippen LogP contribution < -0.4 is 11.4 Å². The van der Waals surface area contributed by atoms with Crippen LogP contribution in [0, 0.1) is 0 Å². The van der Waals surface area contributed by atoms with E-state index < -0.39 is 0 Å². The Hall–Kier alpha value is -3.27. The molecule has 10 nitrogen and oxygen atoms in total. The molecular weight excluding hydrogens is 360 g/mol. The molecule has 0 radical (unpaired) electrons. The molecule has 4 rings (SSSR count). The average Bonchev–Trinajstić information content (AvgIpc) is 3.35. The van der Waals surface area contributed by atoms with Crippen molar-refractivity contribution >= 4 is 5.91 Å². The van der Waals surface area contributed by atoms with Gasteiger partial charge in [0.1, 0.15) is 5.82 Å². The van der Waals surface area contributed by atoms with Gasteiger partial charge in [0.2, 0.25) is 0 Å². The standard InChI is InChI=1S/C18H22N8O2/c19-8-10-25-12-15(20-23-25)17(27)24-9-4-5-13(11-24)16-21-22-18(28)26(16)14-6-2-1-3-7-14/h1-3,6-7,12-13H,4-5,8-11,19H2,(H,22,28). The van der Waals surface area contributed by atoms with Gasteiger partial charge in [-0.15, -0.1) is 5.10 Å². The molecular formula is C18H22N8O2. The Balaban J connectivity index is 1.56. The fraction of sp³-hybridized carbons (Fsp3) is 0.389. The summed E-state index contributed by atoms with van der Waals surface area (Å²) in [5.41, 5.74) is 6.29. The highest BCUT2D eigenvalue weighted by atomic mass is 16.2. The van der Waals surface area contributed by atoms with Crippen molar-refractivity contribution in [3.63, 3.8) is 0 Å². The molecule has 146 valence electrons. The highest BCUT2D eigenvalue weighted by Gasteiger charge is 2.30. The van der Waals surface area contributed by atoms with Gasteiger partial charge in [0.25, 0.3) is 5.91 Å². The fourth-order valence-corrected chi connectivity index (χ4v) is 3.58. The maximum absolute atomic E-state index is 12.8. The van der Waals surface area contributed by atoms with Crippen molar-refractivity contribution < 1.29 is 4.79 Å². The molecule has 10 heteroatoms. The first kappa shape index (κ1) is 18.1. The molecule has 0 spiro atoms. The summed E-state index contributed by atoms with van der Waals surface area (Å²) < 4.78 is 3.14. The fourth-order valence-electron chi connectivity index (χ4n) is 3.58. The topological polar surface area (TPSA) is 128 Å². The van der Waals surface area contributed by atoms with Gasteiger partial charge < -0.3 is 10.6 Å². The first-order valence-electron chi connectivity index (χ1n) is 9.29. The Kier molecular flexibility index (Phi) is 5.02. The lowest BCUT2D eigenvalue weighted by molar-refractivity contribution is 0.0697. The van der Waals surface area contributed by atoms with Gasteiger partial charge in [0, 0.05) is 25.6 Å². The second-order valence-electron chi connectivity index (χ2n) is 6.80. The number of nitrogens with zero attached hydrogens (tertiary/aromatic N) is 6. The van der Waals surface area contributed by atoms with Crippen LogP contribution in [0.1, 0.15) is 35.1 Å². The van der Waals surface area contributed by atoms with E-state index >= 15 is 0 Å². The van der Waals surface area contributed by atoms with Crippen molar-refractivity contribution in [3.05, 3.63) is 58.5 Å². The van der Waals surface area contributed by atoms with Gasteiger partial charge in [0.05, 0.1) is 18.4 Å². The average molecular weight is 382 g/mol. The minimum atomic E-state index is -0.283. The Labute approximate surface area is 161 Å². The molecule has 1 aliphatic heterocycles. The summed E-state index contributed by atoms with van der Waals surface area (Å²) in [6.45, 7) is 2.05. The van der Waals surface area contributed by atoms with Crippen LogP contribution in [0.3, 0.4) is 0 Å². The molecule has 2 aromatic heterocycles. The normalized spacial score (nSPS) is 17.0. The van der Waals surface area contributed by atoms with E-state index in [2.05, 4.69) is 20.5 Å². The van der Waals surface area contributed by atoms with Crippen molar-refractivity contribution in [2.75, 3.05) is 19.6 Å². The SMILES string of the molecule is NCCn1cc(C(=O)N2CCCC(c3n[nH]c(=O)n3-c3ccccc3)C2)nn1. The zero-order valence-electron chi connectivity index (χ0n) is 15.4. The largest absolute Gasteiger partial charge is 0.347 e. The molecule has 1 saturated heterocycles. The van der Waals surface area contributed by atoms with E-state index in [1.807, 2.05) is 30.3 Å². The maximum Gasteiger partial charge on any atom is 0.347 e. The van der Waals surface area contributed by atoms with Crippen LogP contribution in [0.15, 0.2) is 41.3 Å². The molecule has 1 atom stereocenters. The zero-order valence-corrected chi connectivity index (χ0v) is 15.4. The molecule has 3 N–H and O–H groups in total. The number of aromatic nitrogens is 6. The number of piperidine rings is 1. The summed E-state index contributed by atoms with van der Waals surface area (Å²) in [6, 6.07) is 9.37. The number of likely N-dealkylation sites (tertiary alicyclic amines) is 1. The van der Waals surface area contributed by atoms with E-state index in [-0.39, 0.29) is 17.5 Å². The highest BCUT2D eigenvalue weighted by molar-refractivity contribution is 5.92. The van der Waals surface area contributed by atoms with Gasteiger partial charge in [-0.05, 0) is 25.0 Å². The number of carbonyl (C=O) groups excluding carboxylic acids is 1. The second kappa shape index (κ2) is 7.77. The number of hydrogen-bond donors (Lipinski definition) is 2. The van der Waals surface area contributed by atoms with Crippen molar-refractivity contribution in [1.82, 2.24) is 34.7 Å². The van der Waals surface area contributed by atoms with Crippen molar-refractivity contribution in [3.8, 4) is 5.69 Å². The molecule has 0 saturated carbocycles. The Bertz CT molecular complexity index is 1010. The van der Waals surface area contributed by atoms with Gasteiger partial charge in [-0.1, -0.05) is 23.4 Å². The molecule has 3 aromatic rings. The quantitative estimate of drug-likeness (QED) is 0.646. The lowest BCUT2D eigenvalue weighted by Gasteiger charge is -2.31. The number of benzene rings is 1. The van der Waals surface area contributed by atoms with Crippen LogP contribution in [-0.4, -0.2) is 60.2 Å². The second-order valence-corrected chi connectivity index (χ2v) is 6.80. The summed E-state index contributed by atoms with van der Waals surface area (Å²) >= 11 is 0. The van der Waals surface area contributed by atoms with Crippen LogP contribution >= 0.6 is 0 Å². The Morgan fingerprint density at radius 3 is 2.89 bits per heavy atom. The van der Waals surface area contributed by atoms with E-state index in [1.54, 1.807) is 20.3 Å². The third-order valence-corrected chi connectivity index (χ3v) is 4.90. The van der Waals surface area contributed by atoms with E-state index in [4.69, 9.17) is 5.73 Å². The lowest BCUT2D eigenvalue weighted by atomic mass is 9.96. The monoisotopic (exact) mass is 382 g/mol. The molecule has 0 aliphatic carbocycles. The molecule has 1 aliphatic rings. The Morgan fingerprint density at radius 2 is 2.11 bits per heavy atom. The number of para-hydroxylation sites is 1. The van der Waals surface area contributed by atoms with Gasteiger partial charge in [-0.3, -0.25) is 9.48 Å². The number of nitrogens with one attached hydrogen (secondary N) is 1. The van der Waals surface area contributed by atoms with Crippen LogP contribution in [0.4, 0.5) is 0 Å². The summed E-state index contributed by atoms with van der Waals surface area (Å²) in [4.78, 5) is 26.9. The van der Waals surface area contributed by atoms with E-state index in [0.29, 0.717) is 37.7 Å². The van der Waals surface area contributed by atoms with Gasteiger partial charge in [-0.2, -0.15) is 5.10 Å². The van der Waals surface area contributed by atoms with Crippen molar-refractivity contribution in [2.24, 2.45) is 5.73 Å².